The topological polar surface area (TPSA) is 76.5 Å². The van der Waals surface area contributed by atoms with E-state index in [0.29, 0.717) is 29.5 Å². The third kappa shape index (κ3) is 5.06. The second-order valence-corrected chi connectivity index (χ2v) is 8.23. The molecule has 1 amide bonds. The number of para-hydroxylation sites is 2. The molecule has 4 rings (SSSR count). The molecular formula is C25H26N3O4S+. The summed E-state index contributed by atoms with van der Waals surface area (Å²) in [5.74, 6) is 1.54. The maximum absolute atomic E-state index is 12.8. The number of ether oxygens (including phenoxy) is 3. The van der Waals surface area contributed by atoms with Gasteiger partial charge in [-0.15, -0.1) is 0 Å². The molecule has 0 aliphatic carbocycles. The number of amides is 1. The second kappa shape index (κ2) is 10.3. The van der Waals surface area contributed by atoms with E-state index < -0.39 is 0 Å². The molecule has 7 nitrogen and oxygen atoms in total. The molecule has 0 radical (unpaired) electrons. The van der Waals surface area contributed by atoms with Crippen molar-refractivity contribution in [3.8, 4) is 17.2 Å². The zero-order chi connectivity index (χ0) is 23.2. The number of methoxy groups -OCH3 is 3. The van der Waals surface area contributed by atoms with Crippen molar-refractivity contribution in [2.75, 3.05) is 32.4 Å². The van der Waals surface area contributed by atoms with E-state index in [9.17, 15) is 4.79 Å². The normalized spacial score (nSPS) is 10.8. The molecule has 4 aromatic rings. The van der Waals surface area contributed by atoms with Crippen molar-refractivity contribution in [3.63, 3.8) is 0 Å². The van der Waals surface area contributed by atoms with Crippen LogP contribution in [0.5, 0.6) is 17.2 Å². The van der Waals surface area contributed by atoms with Crippen LogP contribution in [0.2, 0.25) is 0 Å². The van der Waals surface area contributed by atoms with Crippen LogP contribution in [0.3, 0.4) is 0 Å². The van der Waals surface area contributed by atoms with Crippen LogP contribution in [-0.2, 0) is 11.3 Å². The van der Waals surface area contributed by atoms with E-state index in [1.54, 1.807) is 33.5 Å². The number of H-pyrrole nitrogens is 1. The zero-order valence-electron chi connectivity index (χ0n) is 18.8. The van der Waals surface area contributed by atoms with Gasteiger partial charge in [-0.25, -0.2) is 9.55 Å². The first kappa shape index (κ1) is 22.5. The first-order valence-electron chi connectivity index (χ1n) is 10.4. The minimum Gasteiger partial charge on any atom is -0.493 e. The van der Waals surface area contributed by atoms with E-state index in [2.05, 4.69) is 33.1 Å². The second-order valence-electron chi connectivity index (χ2n) is 7.27. The summed E-state index contributed by atoms with van der Waals surface area (Å²) in [5.41, 5.74) is 3.88. The molecule has 0 atom stereocenters. The van der Waals surface area contributed by atoms with E-state index >= 15 is 0 Å². The van der Waals surface area contributed by atoms with Crippen LogP contribution < -0.4 is 24.1 Å². The minimum absolute atomic E-state index is 0.140. The Hall–Kier alpha value is -3.65. The van der Waals surface area contributed by atoms with Crippen molar-refractivity contribution in [1.82, 2.24) is 4.98 Å². The highest BCUT2D eigenvalue weighted by Crippen LogP contribution is 2.40. The summed E-state index contributed by atoms with van der Waals surface area (Å²) >= 11 is 1.46. The van der Waals surface area contributed by atoms with Crippen LogP contribution in [0, 0.1) is 0 Å². The number of carbonyl (C=O) groups is 1. The first-order valence-corrected chi connectivity index (χ1v) is 11.4. The first-order chi connectivity index (χ1) is 16.1. The third-order valence-corrected chi connectivity index (χ3v) is 6.16. The number of benzene rings is 3. The van der Waals surface area contributed by atoms with Gasteiger partial charge in [0.15, 0.2) is 22.5 Å². The number of carbonyl (C=O) groups excluding carboxylic acids is 1. The number of aromatic nitrogens is 2. The Balaban J connectivity index is 1.52. The van der Waals surface area contributed by atoms with Crippen molar-refractivity contribution in [2.24, 2.45) is 0 Å². The summed E-state index contributed by atoms with van der Waals surface area (Å²) in [4.78, 5) is 16.2. The standard InChI is InChI=1S/C25H25N3O4S/c1-30-21-13-18(14-22(31-2)24(21)32-3)26-23(29)16-33-25-27-19-11-7-8-12-20(19)28(25)15-17-9-5-4-6-10-17/h4-14H,15-16H2,1-3H3,(H,26,29)/p+1. The Morgan fingerprint density at radius 3 is 2.27 bits per heavy atom. The maximum atomic E-state index is 12.8. The molecule has 3 aromatic carbocycles. The van der Waals surface area contributed by atoms with Gasteiger partial charge in [0.25, 0.3) is 0 Å². The van der Waals surface area contributed by atoms with Crippen molar-refractivity contribution in [3.05, 3.63) is 72.3 Å². The lowest BCUT2D eigenvalue weighted by Crippen LogP contribution is -2.35. The number of hydrogen-bond acceptors (Lipinski definition) is 5. The fraction of sp³-hybridized carbons (Fsp3) is 0.200. The molecular weight excluding hydrogens is 438 g/mol. The molecule has 1 heterocycles. The number of imidazole rings is 1. The molecule has 0 aliphatic heterocycles. The smallest absolute Gasteiger partial charge is 0.317 e. The molecule has 0 bridgehead atoms. The van der Waals surface area contributed by atoms with Crippen LogP contribution in [0.1, 0.15) is 5.56 Å². The molecule has 2 N–H and O–H groups in total. The third-order valence-electron chi connectivity index (χ3n) is 5.15. The van der Waals surface area contributed by atoms with Gasteiger partial charge in [0, 0.05) is 17.8 Å². The van der Waals surface area contributed by atoms with Crippen molar-refractivity contribution in [2.45, 2.75) is 11.7 Å². The van der Waals surface area contributed by atoms with E-state index in [1.165, 1.54) is 17.3 Å². The van der Waals surface area contributed by atoms with Crippen LogP contribution >= 0.6 is 11.8 Å². The quantitative estimate of drug-likeness (QED) is 0.286. The van der Waals surface area contributed by atoms with Gasteiger partial charge in [-0.05, 0) is 29.5 Å². The van der Waals surface area contributed by atoms with Gasteiger partial charge in [-0.2, -0.15) is 0 Å². The molecule has 0 spiro atoms. The molecule has 0 fully saturated rings. The number of nitrogens with one attached hydrogen (secondary N) is 2. The summed E-state index contributed by atoms with van der Waals surface area (Å²) in [6.45, 7) is 0.710. The van der Waals surface area contributed by atoms with Crippen LogP contribution in [0.15, 0.2) is 71.9 Å². The Labute approximate surface area is 196 Å². The Morgan fingerprint density at radius 2 is 1.61 bits per heavy atom. The van der Waals surface area contributed by atoms with Gasteiger partial charge in [0.05, 0.1) is 27.1 Å². The number of anilines is 1. The Kier molecular flexibility index (Phi) is 7.04. The van der Waals surface area contributed by atoms with E-state index in [-0.39, 0.29) is 11.7 Å². The van der Waals surface area contributed by atoms with Crippen LogP contribution in [-0.4, -0.2) is 38.0 Å². The fourth-order valence-electron chi connectivity index (χ4n) is 3.63. The van der Waals surface area contributed by atoms with Crippen molar-refractivity contribution in [1.29, 1.82) is 0 Å². The van der Waals surface area contributed by atoms with Crippen molar-refractivity contribution >= 4 is 34.4 Å². The van der Waals surface area contributed by atoms with Gasteiger partial charge in [0.1, 0.15) is 6.54 Å². The highest BCUT2D eigenvalue weighted by atomic mass is 32.2. The monoisotopic (exact) mass is 464 g/mol. The summed E-state index contributed by atoms with van der Waals surface area (Å²) in [6.07, 6.45) is 0. The molecule has 0 unspecified atom stereocenters. The molecule has 8 heteroatoms. The summed E-state index contributed by atoms with van der Waals surface area (Å²) < 4.78 is 18.3. The number of rotatable bonds is 9. The Bertz CT molecular complexity index is 1230. The SMILES string of the molecule is COc1cc(NC(=O)CSc2[nH]c3ccccc3[n+]2Cc2ccccc2)cc(OC)c1OC. The number of aromatic amines is 1. The van der Waals surface area contributed by atoms with Crippen LogP contribution in [0.25, 0.3) is 11.0 Å². The largest absolute Gasteiger partial charge is 0.493 e. The maximum Gasteiger partial charge on any atom is 0.317 e. The fourth-order valence-corrected chi connectivity index (χ4v) is 4.47. The lowest BCUT2D eigenvalue weighted by atomic mass is 10.2. The highest BCUT2D eigenvalue weighted by molar-refractivity contribution is 7.99. The lowest BCUT2D eigenvalue weighted by Gasteiger charge is -2.14. The minimum atomic E-state index is -0.140. The lowest BCUT2D eigenvalue weighted by molar-refractivity contribution is -0.700. The van der Waals surface area contributed by atoms with Gasteiger partial charge in [-0.3, -0.25) is 4.79 Å². The summed E-state index contributed by atoms with van der Waals surface area (Å²) in [5, 5.41) is 3.83. The van der Waals surface area contributed by atoms with Gasteiger partial charge >= 0.3 is 5.16 Å². The average molecular weight is 465 g/mol. The van der Waals surface area contributed by atoms with Gasteiger partial charge < -0.3 is 19.5 Å². The number of fused-ring (bicyclic) bond motifs is 1. The molecule has 0 saturated carbocycles. The molecule has 170 valence electrons. The average Bonchev–Trinajstić information content (AvgIpc) is 3.20. The predicted molar refractivity (Wildman–Crippen MR) is 129 cm³/mol. The van der Waals surface area contributed by atoms with Crippen LogP contribution in [0.4, 0.5) is 5.69 Å². The molecule has 33 heavy (non-hydrogen) atoms. The predicted octanol–water partition coefficient (Wildman–Crippen LogP) is 4.26. The summed E-state index contributed by atoms with van der Waals surface area (Å²) in [6, 6.07) is 21.8. The Morgan fingerprint density at radius 1 is 0.939 bits per heavy atom. The van der Waals surface area contributed by atoms with Gasteiger partial charge in [0.2, 0.25) is 11.7 Å². The summed E-state index contributed by atoms with van der Waals surface area (Å²) in [7, 11) is 4.63. The van der Waals surface area contributed by atoms with Gasteiger partial charge in [-0.1, -0.05) is 42.5 Å². The number of hydrogen-bond donors (Lipinski definition) is 2. The highest BCUT2D eigenvalue weighted by Gasteiger charge is 2.21. The zero-order valence-corrected chi connectivity index (χ0v) is 19.6. The molecule has 1 aromatic heterocycles. The van der Waals surface area contributed by atoms with Crippen molar-refractivity contribution < 1.29 is 23.6 Å². The number of nitrogens with zero attached hydrogens (tertiary/aromatic N) is 1. The number of thioether (sulfide) groups is 1. The van der Waals surface area contributed by atoms with E-state index in [4.69, 9.17) is 14.2 Å². The molecule has 0 saturated heterocycles. The van der Waals surface area contributed by atoms with E-state index in [0.717, 1.165) is 16.2 Å². The molecule has 0 aliphatic rings. The van der Waals surface area contributed by atoms with E-state index in [1.807, 2.05) is 36.4 Å².